The summed E-state index contributed by atoms with van der Waals surface area (Å²) >= 11 is 0. The minimum absolute atomic E-state index is 0.365. The predicted octanol–water partition coefficient (Wildman–Crippen LogP) is 3.56. The number of carbonyl (C=O) groups excluding carboxylic acids is 1. The number of benzene rings is 1. The summed E-state index contributed by atoms with van der Waals surface area (Å²) in [4.78, 5) is 13.7. The lowest BCUT2D eigenvalue weighted by molar-refractivity contribution is -0.124. The molecule has 1 saturated carbocycles. The normalized spacial score (nSPS) is 24.1. The lowest BCUT2D eigenvalue weighted by Crippen LogP contribution is -2.40. The summed E-state index contributed by atoms with van der Waals surface area (Å²) in [7, 11) is 0. The third kappa shape index (κ3) is 3.44. The molecule has 1 aromatic rings. The zero-order valence-corrected chi connectivity index (χ0v) is 14.0. The van der Waals surface area contributed by atoms with E-state index < -0.39 is 5.91 Å². The van der Waals surface area contributed by atoms with E-state index in [0.29, 0.717) is 12.0 Å². The average molecular weight is 334 g/mol. The average Bonchev–Trinajstić information content (AvgIpc) is 3.48. The molecule has 25 heavy (non-hydrogen) atoms. The summed E-state index contributed by atoms with van der Waals surface area (Å²) in [6.45, 7) is 1.09. The molecule has 0 aromatic heterocycles. The number of fused-ring (bicyclic) bond motifs is 2. The summed E-state index contributed by atoms with van der Waals surface area (Å²) in [5.74, 6) is 0.663. The molecule has 3 aliphatic rings. The first-order chi connectivity index (χ1) is 12.2. The Morgan fingerprint density at radius 1 is 1.24 bits per heavy atom. The minimum Gasteiger partial charge on any atom is -0.363 e. The fourth-order valence-corrected chi connectivity index (χ4v) is 3.56. The van der Waals surface area contributed by atoms with E-state index in [2.05, 4.69) is 53.5 Å². The maximum absolute atomic E-state index is 11.2. The highest BCUT2D eigenvalue weighted by molar-refractivity contribution is 5.91. The number of hydrogen-bond acceptors (Lipinski definition) is 3. The van der Waals surface area contributed by atoms with Crippen molar-refractivity contribution in [2.24, 2.45) is 11.8 Å². The maximum Gasteiger partial charge on any atom is 0.267 e. The Balaban J connectivity index is 1.69. The van der Waals surface area contributed by atoms with E-state index in [0.717, 1.165) is 18.0 Å². The highest BCUT2D eigenvalue weighted by Crippen LogP contribution is 2.38. The lowest BCUT2D eigenvalue weighted by Gasteiger charge is -2.35. The van der Waals surface area contributed by atoms with Gasteiger partial charge in [-0.25, -0.2) is 5.48 Å². The molecule has 0 spiro atoms. The van der Waals surface area contributed by atoms with E-state index >= 15 is 0 Å². The number of rotatable bonds is 4. The second kappa shape index (κ2) is 6.73. The fraction of sp³-hybridized carbons (Fsp3) is 0.286. The summed E-state index contributed by atoms with van der Waals surface area (Å²) < 4.78 is 0. The molecular formula is C21H22N2O2. The highest BCUT2D eigenvalue weighted by Gasteiger charge is 2.32. The van der Waals surface area contributed by atoms with E-state index in [1.165, 1.54) is 30.2 Å². The van der Waals surface area contributed by atoms with Gasteiger partial charge in [0.2, 0.25) is 0 Å². The van der Waals surface area contributed by atoms with E-state index in [1.54, 1.807) is 11.6 Å². The van der Waals surface area contributed by atoms with Gasteiger partial charge in [-0.3, -0.25) is 10.0 Å². The Morgan fingerprint density at radius 3 is 2.88 bits per heavy atom. The molecule has 4 heteroatoms. The molecule has 128 valence electrons. The van der Waals surface area contributed by atoms with Crippen LogP contribution in [-0.4, -0.2) is 23.7 Å². The smallest absolute Gasteiger partial charge is 0.267 e. The predicted molar refractivity (Wildman–Crippen MR) is 100 cm³/mol. The van der Waals surface area contributed by atoms with E-state index in [-0.39, 0.29) is 0 Å². The van der Waals surface area contributed by atoms with Crippen molar-refractivity contribution in [1.29, 1.82) is 0 Å². The van der Waals surface area contributed by atoms with E-state index in [4.69, 9.17) is 5.21 Å². The molecule has 1 amide bonds. The molecular weight excluding hydrogens is 312 g/mol. The third-order valence-electron chi connectivity index (χ3n) is 5.06. The van der Waals surface area contributed by atoms with Crippen molar-refractivity contribution in [3.05, 3.63) is 65.8 Å². The Bertz CT molecular complexity index is 787. The number of hydrogen-bond donors (Lipinski definition) is 2. The minimum atomic E-state index is -0.526. The van der Waals surface area contributed by atoms with Crippen molar-refractivity contribution in [3.63, 3.8) is 0 Å². The SMILES string of the molecule is O=C(/C=C/c1ccc2c(c1)C=CC1C=CC=CC1N2CC1CC1)NO. The Kier molecular flexibility index (Phi) is 4.28. The van der Waals surface area contributed by atoms with Crippen LogP contribution < -0.4 is 10.4 Å². The van der Waals surface area contributed by atoms with Gasteiger partial charge >= 0.3 is 0 Å². The molecule has 4 rings (SSSR count). The standard InChI is InChI=1S/C21H22N2O2/c24-21(22-25)12-8-15-7-11-20-18(13-15)10-9-17-3-1-2-4-19(17)23(20)14-16-5-6-16/h1-4,7-13,16-17,19,25H,5-6,14H2,(H,22,24)/b12-8+. The number of carbonyl (C=O) groups is 1. The number of hydroxylamine groups is 1. The first-order valence-corrected chi connectivity index (χ1v) is 8.80. The molecule has 0 saturated heterocycles. The number of anilines is 1. The molecule has 2 N–H and O–H groups in total. The zero-order chi connectivity index (χ0) is 17.2. The van der Waals surface area contributed by atoms with Gasteiger partial charge in [0.25, 0.3) is 5.91 Å². The number of amides is 1. The molecule has 1 heterocycles. The van der Waals surface area contributed by atoms with Gasteiger partial charge in [-0.1, -0.05) is 42.5 Å². The van der Waals surface area contributed by atoms with Gasteiger partial charge in [0.05, 0.1) is 6.04 Å². The fourth-order valence-electron chi connectivity index (χ4n) is 3.56. The van der Waals surface area contributed by atoms with E-state index in [1.807, 2.05) is 6.07 Å². The number of nitrogens with one attached hydrogen (secondary N) is 1. The molecule has 2 aliphatic carbocycles. The van der Waals surface area contributed by atoms with Gasteiger partial charge in [-0.05, 0) is 48.1 Å². The molecule has 0 bridgehead atoms. The van der Waals surface area contributed by atoms with Gasteiger partial charge in [0.1, 0.15) is 0 Å². The first kappa shape index (κ1) is 15.9. The van der Waals surface area contributed by atoms with Gasteiger partial charge in [-0.15, -0.1) is 0 Å². The summed E-state index contributed by atoms with van der Waals surface area (Å²) in [5.41, 5.74) is 4.97. The van der Waals surface area contributed by atoms with Crippen LogP contribution in [0.25, 0.3) is 12.2 Å². The van der Waals surface area contributed by atoms with Crippen LogP contribution in [0.4, 0.5) is 5.69 Å². The van der Waals surface area contributed by atoms with Crippen molar-refractivity contribution in [3.8, 4) is 0 Å². The van der Waals surface area contributed by atoms with Gasteiger partial charge in [0.15, 0.2) is 0 Å². The van der Waals surface area contributed by atoms with Crippen molar-refractivity contribution < 1.29 is 10.0 Å². The van der Waals surface area contributed by atoms with Crippen molar-refractivity contribution in [1.82, 2.24) is 5.48 Å². The van der Waals surface area contributed by atoms with Gasteiger partial charge < -0.3 is 4.90 Å². The van der Waals surface area contributed by atoms with Crippen molar-refractivity contribution in [2.45, 2.75) is 18.9 Å². The number of nitrogens with zero attached hydrogens (tertiary/aromatic N) is 1. The van der Waals surface area contributed by atoms with Crippen LogP contribution in [-0.2, 0) is 4.79 Å². The quantitative estimate of drug-likeness (QED) is 0.503. The van der Waals surface area contributed by atoms with Crippen LogP contribution >= 0.6 is 0 Å². The third-order valence-corrected chi connectivity index (χ3v) is 5.06. The van der Waals surface area contributed by atoms with Crippen LogP contribution in [0.5, 0.6) is 0 Å². The topological polar surface area (TPSA) is 52.6 Å². The zero-order valence-electron chi connectivity index (χ0n) is 14.0. The van der Waals surface area contributed by atoms with E-state index in [9.17, 15) is 4.79 Å². The Hall–Kier alpha value is -2.59. The summed E-state index contributed by atoms with van der Waals surface area (Å²) in [6, 6.07) is 6.63. The lowest BCUT2D eigenvalue weighted by atomic mass is 9.93. The molecule has 1 aromatic carbocycles. The van der Waals surface area contributed by atoms with Crippen molar-refractivity contribution in [2.75, 3.05) is 11.4 Å². The van der Waals surface area contributed by atoms with Crippen LogP contribution in [0.2, 0.25) is 0 Å². The molecule has 1 fully saturated rings. The monoisotopic (exact) mass is 334 g/mol. The van der Waals surface area contributed by atoms with Crippen molar-refractivity contribution >= 4 is 23.7 Å². The number of allylic oxidation sites excluding steroid dienone is 2. The summed E-state index contributed by atoms with van der Waals surface area (Å²) in [6.07, 6.45) is 19.0. The first-order valence-electron chi connectivity index (χ1n) is 8.80. The van der Waals surface area contributed by atoms with Crippen LogP contribution in [0.1, 0.15) is 24.0 Å². The van der Waals surface area contributed by atoms with Crippen LogP contribution in [0, 0.1) is 11.8 Å². The molecule has 1 aliphatic heterocycles. The van der Waals surface area contributed by atoms with Gasteiger partial charge in [0, 0.05) is 24.2 Å². The second-order valence-corrected chi connectivity index (χ2v) is 6.92. The van der Waals surface area contributed by atoms with Crippen LogP contribution in [0.3, 0.4) is 0 Å². The van der Waals surface area contributed by atoms with Gasteiger partial charge in [-0.2, -0.15) is 0 Å². The molecule has 2 unspecified atom stereocenters. The largest absolute Gasteiger partial charge is 0.363 e. The molecule has 4 nitrogen and oxygen atoms in total. The Labute approximate surface area is 147 Å². The van der Waals surface area contributed by atoms with Crippen LogP contribution in [0.15, 0.2) is 54.7 Å². The maximum atomic E-state index is 11.2. The molecule has 0 radical (unpaired) electrons. The second-order valence-electron chi connectivity index (χ2n) is 6.92. The summed E-state index contributed by atoms with van der Waals surface area (Å²) in [5, 5.41) is 8.60. The molecule has 2 atom stereocenters. The highest BCUT2D eigenvalue weighted by atomic mass is 16.5. The Morgan fingerprint density at radius 2 is 2.08 bits per heavy atom.